The van der Waals surface area contributed by atoms with Gasteiger partial charge in [0.2, 0.25) is 0 Å². The summed E-state index contributed by atoms with van der Waals surface area (Å²) < 4.78 is 7.72. The Kier molecular flexibility index (Phi) is 8.22. The Labute approximate surface area is 159 Å². The summed E-state index contributed by atoms with van der Waals surface area (Å²) in [5.74, 6) is 1.05. The minimum atomic E-state index is -1.69. The average Bonchev–Trinajstić information content (AvgIpc) is 2.74. The van der Waals surface area contributed by atoms with Crippen LogP contribution in [-0.2, 0) is 20.4 Å². The molecule has 1 aromatic rings. The molecule has 1 aliphatic rings. The molecule has 0 aromatic heterocycles. The van der Waals surface area contributed by atoms with Crippen LogP contribution >= 0.6 is 0 Å². The number of para-hydroxylation sites is 1. The van der Waals surface area contributed by atoms with Gasteiger partial charge in [0, 0.05) is 0 Å². The van der Waals surface area contributed by atoms with Crippen LogP contribution in [0.1, 0.15) is 27.2 Å². The molecule has 0 aliphatic heterocycles. The molecule has 1 aliphatic carbocycles. The maximum Gasteiger partial charge on any atom is -1.00 e. The molecular formula is C17H23Cl2OSiTi. The Balaban J connectivity index is 0.00000220. The minimum absolute atomic E-state index is 0. The second-order valence-corrected chi connectivity index (χ2v) is 12.1. The van der Waals surface area contributed by atoms with Crippen molar-refractivity contribution in [2.75, 3.05) is 0 Å². The van der Waals surface area contributed by atoms with E-state index in [1.807, 2.05) is 0 Å². The monoisotopic (exact) mass is 389 g/mol. The molecule has 22 heavy (non-hydrogen) atoms. The number of rotatable bonds is 3. The minimum Gasteiger partial charge on any atom is -1.00 e. The molecule has 0 bridgehead atoms. The van der Waals surface area contributed by atoms with Crippen LogP contribution in [0.25, 0.3) is 0 Å². The predicted octanol–water partition coefficient (Wildman–Crippen LogP) is -1.91. The molecule has 119 valence electrons. The zero-order chi connectivity index (χ0) is 15.0. The van der Waals surface area contributed by atoms with E-state index in [2.05, 4.69) is 90.7 Å². The molecule has 1 nitrogen and oxygen atoms in total. The molecule has 5 heteroatoms. The van der Waals surface area contributed by atoms with Gasteiger partial charge in [-0.2, -0.15) is 0 Å². The van der Waals surface area contributed by atoms with E-state index in [-0.39, 0.29) is 30.4 Å². The standard InChI is InChI=1S/C17H23OSi.2ClH.Ti/c1-17(2,3)18-15-12-8-9-13-16(15)19(4,5)14-10-6-7-11-14;;;/h6,8-10,12-13H,7H2,1-5H3;2*1H;/q;;;+2/p-2. The van der Waals surface area contributed by atoms with Crippen LogP contribution in [0, 0.1) is 0 Å². The van der Waals surface area contributed by atoms with Gasteiger partial charge in [0.1, 0.15) is 0 Å². The normalized spacial score (nSPS) is 14.5. The van der Waals surface area contributed by atoms with E-state index in [1.54, 1.807) is 5.20 Å². The van der Waals surface area contributed by atoms with Crippen LogP contribution < -0.4 is 34.7 Å². The molecule has 0 radical (unpaired) electrons. The van der Waals surface area contributed by atoms with Gasteiger partial charge < -0.3 is 24.8 Å². The van der Waals surface area contributed by atoms with E-state index >= 15 is 0 Å². The fraction of sp³-hybridized carbons (Fsp3) is 0.412. The van der Waals surface area contributed by atoms with Gasteiger partial charge >= 0.3 is 136 Å². The van der Waals surface area contributed by atoms with E-state index in [9.17, 15) is 0 Å². The summed E-state index contributed by atoms with van der Waals surface area (Å²) in [6, 6.07) is 8.57. The number of benzene rings is 1. The van der Waals surface area contributed by atoms with Crippen LogP contribution in [0.5, 0.6) is 5.75 Å². The fourth-order valence-corrected chi connectivity index (χ4v) is 7.36. The van der Waals surface area contributed by atoms with E-state index in [4.69, 9.17) is 4.74 Å². The van der Waals surface area contributed by atoms with Crippen molar-refractivity contribution >= 4 is 13.3 Å². The molecule has 0 saturated carbocycles. The third-order valence-electron chi connectivity index (χ3n) is 3.58. The van der Waals surface area contributed by atoms with Gasteiger partial charge in [-0.3, -0.25) is 0 Å². The summed E-state index contributed by atoms with van der Waals surface area (Å²) in [6.07, 6.45) is 5.72. The number of halogens is 2. The van der Waals surface area contributed by atoms with Crippen LogP contribution in [-0.4, -0.2) is 13.7 Å². The van der Waals surface area contributed by atoms with Crippen molar-refractivity contribution in [1.82, 2.24) is 0 Å². The summed E-state index contributed by atoms with van der Waals surface area (Å²) in [6.45, 7) is 11.2. The molecule has 0 spiro atoms. The summed E-state index contributed by atoms with van der Waals surface area (Å²) >= 11 is 2.26. The quantitative estimate of drug-likeness (QED) is 0.548. The molecule has 0 fully saturated rings. The number of hydrogen-bond acceptors (Lipinski definition) is 1. The van der Waals surface area contributed by atoms with E-state index < -0.39 is 8.07 Å². The topological polar surface area (TPSA) is 9.23 Å². The molecule has 0 unspecified atom stereocenters. The average molecular weight is 390 g/mol. The number of allylic oxidation sites excluding steroid dienone is 4. The zero-order valence-electron chi connectivity index (χ0n) is 13.8. The maximum atomic E-state index is 6.20. The van der Waals surface area contributed by atoms with Crippen LogP contribution in [0.3, 0.4) is 0 Å². The third kappa shape index (κ3) is 5.01. The van der Waals surface area contributed by atoms with Gasteiger partial charge in [-0.1, -0.05) is 0 Å². The Morgan fingerprint density at radius 3 is 2.18 bits per heavy atom. The SMILES string of the molecule is CC(C)(C)Oc1ccccc1[Si](C)(C)C1=[C]([Ti+2])CC=C1.[Cl-].[Cl-]. The van der Waals surface area contributed by atoms with Gasteiger partial charge in [0.25, 0.3) is 0 Å². The van der Waals surface area contributed by atoms with Gasteiger partial charge in [-0.15, -0.1) is 0 Å². The first-order valence-electron chi connectivity index (χ1n) is 7.12. The van der Waals surface area contributed by atoms with Gasteiger partial charge in [-0.05, 0) is 0 Å². The fourth-order valence-electron chi connectivity index (χ4n) is 2.64. The predicted molar refractivity (Wildman–Crippen MR) is 84.7 cm³/mol. The first kappa shape index (κ1) is 22.0. The van der Waals surface area contributed by atoms with Crippen molar-refractivity contribution in [2.24, 2.45) is 0 Å². The smallest absolute Gasteiger partial charge is 1.00 e. The van der Waals surface area contributed by atoms with Crippen molar-refractivity contribution in [3.63, 3.8) is 0 Å². The summed E-state index contributed by atoms with van der Waals surface area (Å²) in [5.41, 5.74) is -0.157. The third-order valence-corrected chi connectivity index (χ3v) is 8.29. The molecule has 0 heterocycles. The molecule has 0 N–H and O–H groups in total. The molecule has 0 saturated heterocycles. The summed E-state index contributed by atoms with van der Waals surface area (Å²) in [4.78, 5) is 0. The van der Waals surface area contributed by atoms with Crippen molar-refractivity contribution in [3.8, 4) is 5.75 Å². The second-order valence-electron chi connectivity index (χ2n) is 6.83. The summed E-state index contributed by atoms with van der Waals surface area (Å²) in [7, 11) is -1.69. The van der Waals surface area contributed by atoms with E-state index in [1.165, 1.54) is 9.06 Å². The Morgan fingerprint density at radius 2 is 1.68 bits per heavy atom. The maximum absolute atomic E-state index is 6.20. The molecular weight excluding hydrogens is 367 g/mol. The largest absolute Gasteiger partial charge is 1.00 e. The van der Waals surface area contributed by atoms with Gasteiger partial charge in [0.15, 0.2) is 0 Å². The van der Waals surface area contributed by atoms with Crippen molar-refractivity contribution in [1.29, 1.82) is 0 Å². The van der Waals surface area contributed by atoms with Crippen molar-refractivity contribution in [3.05, 3.63) is 45.5 Å². The Morgan fingerprint density at radius 1 is 1.09 bits per heavy atom. The van der Waals surface area contributed by atoms with E-state index in [0.717, 1.165) is 12.2 Å². The van der Waals surface area contributed by atoms with Crippen LogP contribution in [0.4, 0.5) is 0 Å². The van der Waals surface area contributed by atoms with Gasteiger partial charge in [-0.25, -0.2) is 0 Å². The number of ether oxygens (including phenoxy) is 1. The molecule has 0 amide bonds. The zero-order valence-corrected chi connectivity index (χ0v) is 17.9. The first-order chi connectivity index (χ1) is 9.22. The van der Waals surface area contributed by atoms with E-state index in [0.29, 0.717) is 0 Å². The Hall–Kier alpha value is 0.0112. The molecule has 2 rings (SSSR count). The number of hydrogen-bond donors (Lipinski definition) is 0. The summed E-state index contributed by atoms with van der Waals surface area (Å²) in [5, 5.41) is 2.96. The van der Waals surface area contributed by atoms with Crippen LogP contribution in [0.15, 0.2) is 45.5 Å². The molecule has 0 atom stereocenters. The van der Waals surface area contributed by atoms with Gasteiger partial charge in [0.05, 0.1) is 0 Å². The van der Waals surface area contributed by atoms with Crippen molar-refractivity contribution < 1.29 is 50.0 Å². The first-order valence-corrected chi connectivity index (χ1v) is 10.9. The van der Waals surface area contributed by atoms with Crippen LogP contribution in [0.2, 0.25) is 13.1 Å². The molecule has 1 aromatic carbocycles. The van der Waals surface area contributed by atoms with Crippen molar-refractivity contribution in [2.45, 2.75) is 45.9 Å². The Bertz CT molecular complexity index is 574. The second kappa shape index (κ2) is 8.21.